The molecule has 0 saturated heterocycles. The highest BCUT2D eigenvalue weighted by atomic mass is 35.5. The fraction of sp³-hybridized carbons (Fsp3) is 0.0667. The number of nitro groups is 1. The van der Waals surface area contributed by atoms with Crippen molar-refractivity contribution in [3.8, 4) is 11.5 Å². The zero-order valence-corrected chi connectivity index (χ0v) is 12.1. The van der Waals surface area contributed by atoms with Crippen LogP contribution >= 0.6 is 11.6 Å². The lowest BCUT2D eigenvalue weighted by atomic mass is 10.1. The van der Waals surface area contributed by atoms with E-state index in [1.54, 1.807) is 25.1 Å². The number of nitro benzene ring substituents is 1. The molecule has 0 bridgehead atoms. The molecule has 3 rings (SSSR count). The minimum absolute atomic E-state index is 0.102. The Hall–Kier alpha value is -2.73. The Morgan fingerprint density at radius 3 is 2.73 bits per heavy atom. The van der Waals surface area contributed by atoms with E-state index in [1.165, 1.54) is 18.2 Å². The highest BCUT2D eigenvalue weighted by Gasteiger charge is 2.20. The maximum absolute atomic E-state index is 12.0. The third-order valence-electron chi connectivity index (χ3n) is 3.17. The van der Waals surface area contributed by atoms with Crippen LogP contribution in [0.5, 0.6) is 0 Å². The van der Waals surface area contributed by atoms with Crippen LogP contribution in [0.4, 0.5) is 5.69 Å². The Labute approximate surface area is 129 Å². The van der Waals surface area contributed by atoms with E-state index in [-0.39, 0.29) is 22.5 Å². The summed E-state index contributed by atoms with van der Waals surface area (Å²) in [6.45, 7) is 1.78. The molecule has 110 valence electrons. The number of rotatable bonds is 2. The number of halogens is 1. The topological polar surface area (TPSA) is 86.2 Å². The van der Waals surface area contributed by atoms with Crippen LogP contribution in [0.25, 0.3) is 22.4 Å². The van der Waals surface area contributed by atoms with Gasteiger partial charge in [-0.2, -0.15) is 0 Å². The van der Waals surface area contributed by atoms with Crippen LogP contribution in [0.2, 0.25) is 5.02 Å². The zero-order chi connectivity index (χ0) is 15.9. The predicted octanol–water partition coefficient (Wildman–Crippen LogP) is 3.73. The molecule has 0 atom stereocenters. The highest BCUT2D eigenvalue weighted by molar-refractivity contribution is 6.31. The van der Waals surface area contributed by atoms with Gasteiger partial charge >= 0.3 is 5.63 Å². The number of aromatic nitrogens is 1. The SMILES string of the molecule is Cc1ccc([N+](=O)[O-])c(-c2nc3cc(Cl)ccc3c(=O)o2)c1. The summed E-state index contributed by atoms with van der Waals surface area (Å²) in [7, 11) is 0. The van der Waals surface area contributed by atoms with Crippen molar-refractivity contribution >= 4 is 28.2 Å². The monoisotopic (exact) mass is 316 g/mol. The molecule has 0 aliphatic heterocycles. The van der Waals surface area contributed by atoms with E-state index in [2.05, 4.69) is 4.98 Å². The maximum Gasteiger partial charge on any atom is 0.347 e. The van der Waals surface area contributed by atoms with Gasteiger partial charge in [-0.25, -0.2) is 9.78 Å². The van der Waals surface area contributed by atoms with Crippen LogP contribution in [0.15, 0.2) is 45.6 Å². The van der Waals surface area contributed by atoms with E-state index >= 15 is 0 Å². The molecule has 0 saturated carbocycles. The molecule has 3 aromatic rings. The Morgan fingerprint density at radius 2 is 2.00 bits per heavy atom. The van der Waals surface area contributed by atoms with Crippen molar-refractivity contribution in [2.24, 2.45) is 0 Å². The molecule has 2 aromatic carbocycles. The number of hydrogen-bond donors (Lipinski definition) is 0. The number of aryl methyl sites for hydroxylation is 1. The second kappa shape index (κ2) is 5.23. The van der Waals surface area contributed by atoms with E-state index in [4.69, 9.17) is 16.0 Å². The first-order valence-corrected chi connectivity index (χ1v) is 6.69. The van der Waals surface area contributed by atoms with E-state index in [0.717, 1.165) is 5.56 Å². The van der Waals surface area contributed by atoms with Crippen molar-refractivity contribution in [2.45, 2.75) is 6.92 Å². The number of fused-ring (bicyclic) bond motifs is 1. The van der Waals surface area contributed by atoms with Gasteiger partial charge in [0, 0.05) is 11.1 Å². The van der Waals surface area contributed by atoms with Gasteiger partial charge in [0.25, 0.3) is 5.69 Å². The van der Waals surface area contributed by atoms with Gasteiger partial charge in [0.05, 0.1) is 15.8 Å². The maximum atomic E-state index is 12.0. The van der Waals surface area contributed by atoms with Gasteiger partial charge in [-0.05, 0) is 36.8 Å². The molecular weight excluding hydrogens is 308 g/mol. The van der Waals surface area contributed by atoms with E-state index < -0.39 is 10.5 Å². The lowest BCUT2D eigenvalue weighted by molar-refractivity contribution is -0.384. The second-order valence-corrected chi connectivity index (χ2v) is 5.18. The Morgan fingerprint density at radius 1 is 1.23 bits per heavy atom. The van der Waals surface area contributed by atoms with Crippen LogP contribution in [0.1, 0.15) is 5.56 Å². The first-order chi connectivity index (χ1) is 10.5. The van der Waals surface area contributed by atoms with Gasteiger partial charge in [-0.15, -0.1) is 0 Å². The Kier molecular flexibility index (Phi) is 3.38. The van der Waals surface area contributed by atoms with Crippen molar-refractivity contribution in [3.05, 3.63) is 67.5 Å². The molecule has 22 heavy (non-hydrogen) atoms. The van der Waals surface area contributed by atoms with Crippen LogP contribution in [-0.4, -0.2) is 9.91 Å². The van der Waals surface area contributed by atoms with Crippen LogP contribution in [-0.2, 0) is 0 Å². The Bertz CT molecular complexity index is 965. The first kappa shape index (κ1) is 14.2. The summed E-state index contributed by atoms with van der Waals surface area (Å²) in [6.07, 6.45) is 0. The van der Waals surface area contributed by atoms with Crippen LogP contribution in [0, 0.1) is 17.0 Å². The fourth-order valence-electron chi connectivity index (χ4n) is 2.14. The first-order valence-electron chi connectivity index (χ1n) is 6.31. The summed E-state index contributed by atoms with van der Waals surface area (Å²) in [5.74, 6) is -0.102. The Balaban J connectivity index is 2.33. The summed E-state index contributed by atoms with van der Waals surface area (Å²) in [5.41, 5.74) is 0.477. The molecule has 6 nitrogen and oxygen atoms in total. The normalized spacial score (nSPS) is 10.8. The average molecular weight is 317 g/mol. The third-order valence-corrected chi connectivity index (χ3v) is 3.41. The summed E-state index contributed by atoms with van der Waals surface area (Å²) in [5, 5.41) is 11.8. The molecule has 1 aromatic heterocycles. The van der Waals surface area contributed by atoms with Gasteiger partial charge in [0.2, 0.25) is 5.89 Å². The molecular formula is C15H9ClN2O4. The smallest absolute Gasteiger partial charge is 0.347 e. The fourth-order valence-corrected chi connectivity index (χ4v) is 2.31. The minimum atomic E-state index is -0.618. The number of hydrogen-bond acceptors (Lipinski definition) is 5. The summed E-state index contributed by atoms with van der Waals surface area (Å²) >= 11 is 5.90. The second-order valence-electron chi connectivity index (χ2n) is 4.75. The largest absolute Gasteiger partial charge is 0.403 e. The molecule has 1 heterocycles. The third kappa shape index (κ3) is 2.44. The van der Waals surface area contributed by atoms with Gasteiger partial charge in [-0.1, -0.05) is 17.7 Å². The van der Waals surface area contributed by atoms with Gasteiger partial charge in [0.15, 0.2) is 0 Å². The number of benzene rings is 2. The summed E-state index contributed by atoms with van der Waals surface area (Å²) < 4.78 is 5.15. The highest BCUT2D eigenvalue weighted by Crippen LogP contribution is 2.30. The molecule has 0 spiro atoms. The predicted molar refractivity (Wildman–Crippen MR) is 82.1 cm³/mol. The average Bonchev–Trinajstić information content (AvgIpc) is 2.46. The van der Waals surface area contributed by atoms with Gasteiger partial charge < -0.3 is 4.42 Å². The van der Waals surface area contributed by atoms with Crippen molar-refractivity contribution in [3.63, 3.8) is 0 Å². The number of nitrogens with zero attached hydrogens (tertiary/aromatic N) is 2. The van der Waals surface area contributed by atoms with Gasteiger partial charge in [0.1, 0.15) is 5.56 Å². The lowest BCUT2D eigenvalue weighted by Crippen LogP contribution is -2.04. The van der Waals surface area contributed by atoms with E-state index in [1.807, 2.05) is 0 Å². The van der Waals surface area contributed by atoms with Crippen LogP contribution < -0.4 is 5.63 Å². The van der Waals surface area contributed by atoms with E-state index in [9.17, 15) is 14.9 Å². The molecule has 0 unspecified atom stereocenters. The molecule has 0 amide bonds. The van der Waals surface area contributed by atoms with Crippen molar-refractivity contribution in [1.29, 1.82) is 0 Å². The standard InChI is InChI=1S/C15H9ClN2O4/c1-8-2-5-13(18(20)21)11(6-8)14-17-12-7-9(16)3-4-10(12)15(19)22-14/h2-7H,1H3. The van der Waals surface area contributed by atoms with Crippen molar-refractivity contribution in [2.75, 3.05) is 0 Å². The van der Waals surface area contributed by atoms with Crippen LogP contribution in [0.3, 0.4) is 0 Å². The van der Waals surface area contributed by atoms with E-state index in [0.29, 0.717) is 10.5 Å². The molecule has 0 aliphatic carbocycles. The van der Waals surface area contributed by atoms with Crippen molar-refractivity contribution in [1.82, 2.24) is 4.98 Å². The molecule has 0 radical (unpaired) electrons. The molecule has 7 heteroatoms. The minimum Gasteiger partial charge on any atom is -0.403 e. The zero-order valence-electron chi connectivity index (χ0n) is 11.4. The summed E-state index contributed by atoms with van der Waals surface area (Å²) in [6, 6.07) is 9.09. The van der Waals surface area contributed by atoms with Gasteiger partial charge in [-0.3, -0.25) is 10.1 Å². The quantitative estimate of drug-likeness (QED) is 0.531. The summed E-state index contributed by atoms with van der Waals surface area (Å²) in [4.78, 5) is 26.8. The lowest BCUT2D eigenvalue weighted by Gasteiger charge is -2.04. The van der Waals surface area contributed by atoms with Crippen molar-refractivity contribution < 1.29 is 9.34 Å². The molecule has 0 fully saturated rings. The molecule has 0 N–H and O–H groups in total. The molecule has 0 aliphatic rings.